The highest BCUT2D eigenvalue weighted by Gasteiger charge is 2.25. The monoisotopic (exact) mass is 298 g/mol. The van der Waals surface area contributed by atoms with Gasteiger partial charge in [0.1, 0.15) is 0 Å². The summed E-state index contributed by atoms with van der Waals surface area (Å²) in [5, 5.41) is 8.52. The standard InChI is InChI=1S/C17H30O4/c1-13(2)7-8-14-5-3-4-6-15(14)11-12-21-17(20)10-9-16(18)19/h13-15H,3-12H2,1-2H3,(H,18,19). The number of carboxylic acids is 1. The molecule has 0 spiro atoms. The van der Waals surface area contributed by atoms with Crippen LogP contribution in [0.5, 0.6) is 0 Å². The quantitative estimate of drug-likeness (QED) is 0.653. The number of carboxylic acid groups (broad SMARTS) is 1. The van der Waals surface area contributed by atoms with E-state index in [9.17, 15) is 9.59 Å². The van der Waals surface area contributed by atoms with Crippen LogP contribution in [0.4, 0.5) is 0 Å². The Morgan fingerprint density at radius 2 is 1.71 bits per heavy atom. The first-order valence-corrected chi connectivity index (χ1v) is 8.36. The Kier molecular flexibility index (Phi) is 8.40. The van der Waals surface area contributed by atoms with Gasteiger partial charge in [0.2, 0.25) is 0 Å². The smallest absolute Gasteiger partial charge is 0.306 e. The third-order valence-corrected chi connectivity index (χ3v) is 4.48. The molecule has 0 aromatic heterocycles. The van der Waals surface area contributed by atoms with Gasteiger partial charge in [-0.05, 0) is 30.6 Å². The van der Waals surface area contributed by atoms with Crippen molar-refractivity contribution < 1.29 is 19.4 Å². The summed E-state index contributed by atoms with van der Waals surface area (Å²) in [7, 11) is 0. The normalized spacial score (nSPS) is 22.2. The Morgan fingerprint density at radius 1 is 1.10 bits per heavy atom. The molecule has 2 atom stereocenters. The highest BCUT2D eigenvalue weighted by atomic mass is 16.5. The van der Waals surface area contributed by atoms with Gasteiger partial charge in [0.15, 0.2) is 0 Å². The summed E-state index contributed by atoms with van der Waals surface area (Å²) in [6.07, 6.45) is 8.51. The Balaban J connectivity index is 2.24. The lowest BCUT2D eigenvalue weighted by Gasteiger charge is -2.32. The summed E-state index contributed by atoms with van der Waals surface area (Å²) in [5.74, 6) is 0.866. The average molecular weight is 298 g/mol. The molecule has 0 aliphatic heterocycles. The minimum absolute atomic E-state index is 0.0171. The Labute approximate surface area is 128 Å². The van der Waals surface area contributed by atoms with E-state index in [0.717, 1.165) is 18.3 Å². The van der Waals surface area contributed by atoms with Crippen molar-refractivity contribution in [2.24, 2.45) is 17.8 Å². The van der Waals surface area contributed by atoms with E-state index >= 15 is 0 Å². The van der Waals surface area contributed by atoms with Gasteiger partial charge in [-0.2, -0.15) is 0 Å². The largest absolute Gasteiger partial charge is 0.481 e. The Morgan fingerprint density at radius 3 is 2.29 bits per heavy atom. The fourth-order valence-electron chi connectivity index (χ4n) is 3.20. The fourth-order valence-corrected chi connectivity index (χ4v) is 3.20. The summed E-state index contributed by atoms with van der Waals surface area (Å²) in [4.78, 5) is 21.8. The number of carbonyl (C=O) groups excluding carboxylic acids is 1. The van der Waals surface area contributed by atoms with Crippen molar-refractivity contribution in [1.29, 1.82) is 0 Å². The lowest BCUT2D eigenvalue weighted by atomic mass is 9.75. The second-order valence-corrected chi connectivity index (χ2v) is 6.68. The lowest BCUT2D eigenvalue weighted by Crippen LogP contribution is -2.22. The SMILES string of the molecule is CC(C)CCC1CCCCC1CCOC(=O)CCC(=O)O. The summed E-state index contributed by atoms with van der Waals surface area (Å²) in [6, 6.07) is 0. The number of hydrogen-bond donors (Lipinski definition) is 1. The van der Waals surface area contributed by atoms with Crippen LogP contribution in [0, 0.1) is 17.8 Å². The topological polar surface area (TPSA) is 63.6 Å². The van der Waals surface area contributed by atoms with Crippen LogP contribution in [0.25, 0.3) is 0 Å². The maximum Gasteiger partial charge on any atom is 0.306 e. The van der Waals surface area contributed by atoms with Crippen molar-refractivity contribution in [1.82, 2.24) is 0 Å². The first-order chi connectivity index (χ1) is 9.99. The van der Waals surface area contributed by atoms with Gasteiger partial charge in [-0.15, -0.1) is 0 Å². The van der Waals surface area contributed by atoms with Crippen molar-refractivity contribution in [2.75, 3.05) is 6.61 Å². The van der Waals surface area contributed by atoms with Gasteiger partial charge in [-0.3, -0.25) is 9.59 Å². The van der Waals surface area contributed by atoms with Crippen LogP contribution in [0.3, 0.4) is 0 Å². The van der Waals surface area contributed by atoms with Crippen molar-refractivity contribution in [3.8, 4) is 0 Å². The molecular weight excluding hydrogens is 268 g/mol. The molecule has 1 N–H and O–H groups in total. The highest BCUT2D eigenvalue weighted by Crippen LogP contribution is 2.36. The van der Waals surface area contributed by atoms with E-state index in [2.05, 4.69) is 13.8 Å². The maximum atomic E-state index is 11.4. The van der Waals surface area contributed by atoms with E-state index < -0.39 is 5.97 Å². The molecule has 0 heterocycles. The minimum Gasteiger partial charge on any atom is -0.481 e. The molecule has 21 heavy (non-hydrogen) atoms. The molecule has 0 saturated heterocycles. The van der Waals surface area contributed by atoms with Crippen LogP contribution < -0.4 is 0 Å². The number of carbonyl (C=O) groups is 2. The van der Waals surface area contributed by atoms with Gasteiger partial charge < -0.3 is 9.84 Å². The third-order valence-electron chi connectivity index (χ3n) is 4.48. The predicted octanol–water partition coefficient (Wildman–Crippen LogP) is 4.03. The summed E-state index contributed by atoms with van der Waals surface area (Å²) < 4.78 is 5.17. The zero-order valence-corrected chi connectivity index (χ0v) is 13.5. The first-order valence-electron chi connectivity index (χ1n) is 8.36. The van der Waals surface area contributed by atoms with E-state index in [1.54, 1.807) is 0 Å². The van der Waals surface area contributed by atoms with Crippen molar-refractivity contribution >= 4 is 11.9 Å². The molecule has 0 aromatic carbocycles. The summed E-state index contributed by atoms with van der Waals surface area (Å²) in [5.41, 5.74) is 0. The number of ether oxygens (including phenoxy) is 1. The highest BCUT2D eigenvalue weighted by molar-refractivity contribution is 5.76. The van der Waals surface area contributed by atoms with Gasteiger partial charge >= 0.3 is 11.9 Å². The van der Waals surface area contributed by atoms with Crippen LogP contribution in [0.2, 0.25) is 0 Å². The van der Waals surface area contributed by atoms with E-state index in [0.29, 0.717) is 12.5 Å². The third kappa shape index (κ3) is 8.08. The Bertz CT molecular complexity index is 325. The number of rotatable bonds is 9. The number of aliphatic carboxylic acids is 1. The van der Waals surface area contributed by atoms with Crippen LogP contribution in [0.15, 0.2) is 0 Å². The van der Waals surface area contributed by atoms with Crippen molar-refractivity contribution in [3.05, 3.63) is 0 Å². The zero-order valence-electron chi connectivity index (χ0n) is 13.5. The molecule has 0 radical (unpaired) electrons. The van der Waals surface area contributed by atoms with Crippen molar-refractivity contribution in [3.63, 3.8) is 0 Å². The minimum atomic E-state index is -0.951. The second kappa shape index (κ2) is 9.80. The van der Waals surface area contributed by atoms with Crippen LogP contribution in [-0.2, 0) is 14.3 Å². The molecule has 1 saturated carbocycles. The molecule has 2 unspecified atom stereocenters. The molecule has 0 aromatic rings. The number of hydrogen-bond acceptors (Lipinski definition) is 3. The summed E-state index contributed by atoms with van der Waals surface area (Å²) >= 11 is 0. The van der Waals surface area contributed by atoms with Crippen LogP contribution in [-0.4, -0.2) is 23.7 Å². The maximum absolute atomic E-state index is 11.4. The summed E-state index contributed by atoms with van der Waals surface area (Å²) in [6.45, 7) is 4.98. The first kappa shape index (κ1) is 18.0. The molecule has 4 heteroatoms. The molecule has 4 nitrogen and oxygen atoms in total. The van der Waals surface area contributed by atoms with E-state index in [-0.39, 0.29) is 18.8 Å². The second-order valence-electron chi connectivity index (χ2n) is 6.68. The van der Waals surface area contributed by atoms with Gasteiger partial charge in [-0.1, -0.05) is 46.0 Å². The molecule has 1 aliphatic carbocycles. The van der Waals surface area contributed by atoms with Gasteiger partial charge in [0, 0.05) is 0 Å². The lowest BCUT2D eigenvalue weighted by molar-refractivity contribution is -0.148. The molecule has 1 rings (SSSR count). The Hall–Kier alpha value is -1.06. The van der Waals surface area contributed by atoms with E-state index in [1.807, 2.05) is 0 Å². The van der Waals surface area contributed by atoms with Gasteiger partial charge in [0.05, 0.1) is 19.4 Å². The number of esters is 1. The van der Waals surface area contributed by atoms with E-state index in [4.69, 9.17) is 9.84 Å². The van der Waals surface area contributed by atoms with Gasteiger partial charge in [-0.25, -0.2) is 0 Å². The van der Waals surface area contributed by atoms with Crippen LogP contribution in [0.1, 0.15) is 71.6 Å². The predicted molar refractivity (Wildman–Crippen MR) is 82.0 cm³/mol. The molecule has 0 bridgehead atoms. The molecule has 122 valence electrons. The molecule has 1 aliphatic rings. The van der Waals surface area contributed by atoms with Crippen molar-refractivity contribution in [2.45, 2.75) is 71.6 Å². The van der Waals surface area contributed by atoms with Crippen LogP contribution >= 0.6 is 0 Å². The molecule has 1 fully saturated rings. The fraction of sp³-hybridized carbons (Fsp3) is 0.882. The van der Waals surface area contributed by atoms with E-state index in [1.165, 1.54) is 38.5 Å². The average Bonchev–Trinajstić information content (AvgIpc) is 2.44. The molecule has 0 amide bonds. The van der Waals surface area contributed by atoms with Gasteiger partial charge in [0.25, 0.3) is 0 Å². The molecular formula is C17H30O4. The zero-order chi connectivity index (χ0) is 15.7.